The van der Waals surface area contributed by atoms with Gasteiger partial charge in [0.2, 0.25) is 5.91 Å². The summed E-state index contributed by atoms with van der Waals surface area (Å²) in [6.07, 6.45) is 2.31. The van der Waals surface area contributed by atoms with Gasteiger partial charge in [-0.15, -0.1) is 0 Å². The van der Waals surface area contributed by atoms with Gasteiger partial charge in [-0.1, -0.05) is 18.6 Å². The molecule has 0 aliphatic carbocycles. The van der Waals surface area contributed by atoms with Crippen molar-refractivity contribution in [2.75, 3.05) is 11.6 Å². The van der Waals surface area contributed by atoms with Crippen molar-refractivity contribution in [3.8, 4) is 0 Å². The first-order valence-electron chi connectivity index (χ1n) is 5.60. The molecule has 1 amide bonds. The van der Waals surface area contributed by atoms with Gasteiger partial charge in [0.05, 0.1) is 11.3 Å². The number of hydrogen-bond acceptors (Lipinski definition) is 3. The number of amides is 1. The van der Waals surface area contributed by atoms with E-state index in [0.717, 1.165) is 5.56 Å². The Labute approximate surface area is 111 Å². The highest BCUT2D eigenvalue weighted by Gasteiger charge is 2.14. The van der Waals surface area contributed by atoms with E-state index >= 15 is 0 Å². The summed E-state index contributed by atoms with van der Waals surface area (Å²) in [5.74, 6) is -1.20. The largest absolute Gasteiger partial charge is 0.478 e. The maximum atomic E-state index is 11.7. The first kappa shape index (κ1) is 14.6. The Morgan fingerprint density at radius 2 is 2.11 bits per heavy atom. The summed E-state index contributed by atoms with van der Waals surface area (Å²) in [7, 11) is 0. The number of aryl methyl sites for hydroxylation is 1. The van der Waals surface area contributed by atoms with Crippen molar-refractivity contribution < 1.29 is 14.7 Å². The predicted molar refractivity (Wildman–Crippen MR) is 74.4 cm³/mol. The minimum absolute atomic E-state index is 0.125. The summed E-state index contributed by atoms with van der Waals surface area (Å²) in [5, 5.41) is 11.9. The summed E-state index contributed by atoms with van der Waals surface area (Å²) >= 11 is 1.60. The zero-order valence-corrected chi connectivity index (χ0v) is 11.5. The number of carbonyl (C=O) groups is 2. The van der Waals surface area contributed by atoms with Crippen LogP contribution in [0.2, 0.25) is 0 Å². The number of thioether (sulfide) groups is 1. The second-order valence-corrected chi connectivity index (χ2v) is 5.43. The lowest BCUT2D eigenvalue weighted by molar-refractivity contribution is -0.116. The Kier molecular flexibility index (Phi) is 5.22. The molecule has 0 saturated carbocycles. The van der Waals surface area contributed by atoms with Gasteiger partial charge >= 0.3 is 5.97 Å². The van der Waals surface area contributed by atoms with E-state index < -0.39 is 5.97 Å². The zero-order chi connectivity index (χ0) is 13.7. The molecule has 0 bridgehead atoms. The molecule has 0 fully saturated rings. The molecule has 1 aromatic carbocycles. The molecule has 1 rings (SSSR count). The van der Waals surface area contributed by atoms with Crippen molar-refractivity contribution in [2.24, 2.45) is 0 Å². The Bertz CT molecular complexity index is 460. The van der Waals surface area contributed by atoms with Crippen molar-refractivity contribution in [1.82, 2.24) is 0 Å². The molecular formula is C13H17NO3S. The van der Waals surface area contributed by atoms with Crippen LogP contribution in [0.1, 0.15) is 29.3 Å². The van der Waals surface area contributed by atoms with Crippen molar-refractivity contribution in [1.29, 1.82) is 0 Å². The Balaban J connectivity index is 2.84. The van der Waals surface area contributed by atoms with E-state index in [2.05, 4.69) is 5.32 Å². The van der Waals surface area contributed by atoms with Gasteiger partial charge in [0.1, 0.15) is 0 Å². The van der Waals surface area contributed by atoms with E-state index in [-0.39, 0.29) is 16.7 Å². The van der Waals surface area contributed by atoms with Crippen LogP contribution in [0, 0.1) is 6.92 Å². The fourth-order valence-corrected chi connectivity index (χ4v) is 1.81. The molecule has 0 aliphatic heterocycles. The Morgan fingerprint density at radius 3 is 2.67 bits per heavy atom. The zero-order valence-electron chi connectivity index (χ0n) is 10.7. The molecule has 1 aromatic rings. The third-order valence-corrected chi connectivity index (χ3v) is 3.53. The molecular weight excluding hydrogens is 250 g/mol. The third-order valence-electron chi connectivity index (χ3n) is 2.55. The van der Waals surface area contributed by atoms with Crippen molar-refractivity contribution in [3.05, 3.63) is 29.3 Å². The number of carboxylic acid groups (broad SMARTS) is 1. The van der Waals surface area contributed by atoms with Gasteiger partial charge in [-0.05, 0) is 25.3 Å². The average molecular weight is 267 g/mol. The number of rotatable bonds is 5. The molecule has 2 N–H and O–H groups in total. The molecule has 1 atom stereocenters. The van der Waals surface area contributed by atoms with Crippen LogP contribution < -0.4 is 5.32 Å². The minimum Gasteiger partial charge on any atom is -0.478 e. The number of benzene rings is 1. The summed E-state index contributed by atoms with van der Waals surface area (Å²) in [6.45, 7) is 3.77. The predicted octanol–water partition coefficient (Wildman–Crippen LogP) is 2.77. The first-order valence-corrected chi connectivity index (χ1v) is 6.89. The lowest BCUT2D eigenvalue weighted by Gasteiger charge is -2.11. The van der Waals surface area contributed by atoms with E-state index in [0.29, 0.717) is 12.1 Å². The van der Waals surface area contributed by atoms with Gasteiger partial charge < -0.3 is 10.4 Å². The highest BCUT2D eigenvalue weighted by molar-refractivity contribution is 7.99. The molecule has 0 aromatic heterocycles. The lowest BCUT2D eigenvalue weighted by Crippen LogP contribution is -2.18. The van der Waals surface area contributed by atoms with Crippen LogP contribution >= 0.6 is 11.8 Å². The normalized spacial score (nSPS) is 11.9. The SMILES string of the molecule is CSC(C)CC(=O)Nc1ccc(C)cc1C(=O)O. The van der Waals surface area contributed by atoms with Gasteiger partial charge in [-0.25, -0.2) is 4.79 Å². The fourth-order valence-electron chi connectivity index (χ4n) is 1.49. The topological polar surface area (TPSA) is 66.4 Å². The molecule has 0 aliphatic rings. The van der Waals surface area contributed by atoms with Crippen LogP contribution in [0.15, 0.2) is 18.2 Å². The highest BCUT2D eigenvalue weighted by Crippen LogP contribution is 2.19. The number of hydrogen-bond donors (Lipinski definition) is 2. The quantitative estimate of drug-likeness (QED) is 0.861. The van der Waals surface area contributed by atoms with Gasteiger partial charge in [0, 0.05) is 11.7 Å². The van der Waals surface area contributed by atoms with Crippen LogP contribution in [0.5, 0.6) is 0 Å². The number of anilines is 1. The fraction of sp³-hybridized carbons (Fsp3) is 0.385. The van der Waals surface area contributed by atoms with Gasteiger partial charge in [0.15, 0.2) is 0 Å². The molecule has 1 unspecified atom stereocenters. The molecule has 0 heterocycles. The van der Waals surface area contributed by atoms with Crippen LogP contribution in [0.4, 0.5) is 5.69 Å². The summed E-state index contributed by atoms with van der Waals surface area (Å²) in [4.78, 5) is 22.8. The molecule has 5 heteroatoms. The van der Waals surface area contributed by atoms with Crippen molar-refractivity contribution in [2.45, 2.75) is 25.5 Å². The second kappa shape index (κ2) is 6.44. The smallest absolute Gasteiger partial charge is 0.337 e. The lowest BCUT2D eigenvalue weighted by atomic mass is 10.1. The molecule has 4 nitrogen and oxygen atoms in total. The van der Waals surface area contributed by atoms with Gasteiger partial charge in [0.25, 0.3) is 0 Å². The van der Waals surface area contributed by atoms with E-state index in [4.69, 9.17) is 5.11 Å². The van der Waals surface area contributed by atoms with Crippen LogP contribution in [0.3, 0.4) is 0 Å². The maximum Gasteiger partial charge on any atom is 0.337 e. The van der Waals surface area contributed by atoms with E-state index in [1.165, 1.54) is 0 Å². The summed E-state index contributed by atoms with van der Waals surface area (Å²) < 4.78 is 0. The molecule has 0 spiro atoms. The number of aromatic carboxylic acids is 1. The Morgan fingerprint density at radius 1 is 1.44 bits per heavy atom. The van der Waals surface area contributed by atoms with Crippen LogP contribution in [-0.2, 0) is 4.79 Å². The van der Waals surface area contributed by atoms with Gasteiger partial charge in [-0.3, -0.25) is 4.79 Å². The van der Waals surface area contributed by atoms with Crippen LogP contribution in [0.25, 0.3) is 0 Å². The molecule has 98 valence electrons. The summed E-state index contributed by atoms with van der Waals surface area (Å²) in [5.41, 5.74) is 1.33. The van der Waals surface area contributed by atoms with E-state index in [1.54, 1.807) is 30.0 Å². The van der Waals surface area contributed by atoms with Crippen LogP contribution in [-0.4, -0.2) is 28.5 Å². The number of carboxylic acids is 1. The molecule has 0 radical (unpaired) electrons. The second-order valence-electron chi connectivity index (χ2n) is 4.15. The molecule has 18 heavy (non-hydrogen) atoms. The average Bonchev–Trinajstić information content (AvgIpc) is 2.30. The minimum atomic E-state index is -1.04. The third kappa shape index (κ3) is 4.07. The standard InChI is InChI=1S/C13H17NO3S/c1-8-4-5-11(10(6-8)13(16)17)14-12(15)7-9(2)18-3/h4-6,9H,7H2,1-3H3,(H,14,15)(H,16,17). The number of nitrogens with one attached hydrogen (secondary N) is 1. The van der Waals surface area contributed by atoms with E-state index in [9.17, 15) is 9.59 Å². The monoisotopic (exact) mass is 267 g/mol. The van der Waals surface area contributed by atoms with Crippen molar-refractivity contribution >= 4 is 29.3 Å². The Hall–Kier alpha value is -1.49. The highest BCUT2D eigenvalue weighted by atomic mass is 32.2. The van der Waals surface area contributed by atoms with Gasteiger partial charge in [-0.2, -0.15) is 11.8 Å². The maximum absolute atomic E-state index is 11.7. The van der Waals surface area contributed by atoms with Crippen molar-refractivity contribution in [3.63, 3.8) is 0 Å². The summed E-state index contributed by atoms with van der Waals surface area (Å²) in [6, 6.07) is 4.95. The number of carbonyl (C=O) groups excluding carboxylic acids is 1. The first-order chi connectivity index (χ1) is 8.43. The molecule has 0 saturated heterocycles. The van der Waals surface area contributed by atoms with E-state index in [1.807, 2.05) is 20.1 Å².